The molecule has 1 aliphatic rings. The molecule has 1 aromatic rings. The first-order valence-electron chi connectivity index (χ1n) is 6.98. The summed E-state index contributed by atoms with van der Waals surface area (Å²) in [6.45, 7) is 1.07. The van der Waals surface area contributed by atoms with Gasteiger partial charge in [0, 0.05) is 18.5 Å². The van der Waals surface area contributed by atoms with E-state index in [0.717, 1.165) is 13.0 Å². The quantitative estimate of drug-likeness (QED) is 0.837. The van der Waals surface area contributed by atoms with E-state index in [1.807, 2.05) is 0 Å². The molecular formula is C15H22N2O3. The molecule has 1 aromatic carbocycles. The van der Waals surface area contributed by atoms with E-state index in [1.54, 1.807) is 32.4 Å². The molecule has 1 saturated heterocycles. The molecule has 0 radical (unpaired) electrons. The Balaban J connectivity index is 1.89. The van der Waals surface area contributed by atoms with Crippen molar-refractivity contribution < 1.29 is 14.3 Å². The minimum atomic E-state index is 0.0159. The van der Waals surface area contributed by atoms with Gasteiger partial charge in [-0.1, -0.05) is 0 Å². The third kappa shape index (κ3) is 3.87. The van der Waals surface area contributed by atoms with Crippen LogP contribution in [0.3, 0.4) is 0 Å². The molecule has 0 spiro atoms. The molecule has 1 aliphatic heterocycles. The van der Waals surface area contributed by atoms with Gasteiger partial charge in [0.1, 0.15) is 11.5 Å². The molecule has 0 bridgehead atoms. The molecule has 1 heterocycles. The highest BCUT2D eigenvalue weighted by Gasteiger charge is 2.16. The van der Waals surface area contributed by atoms with Crippen LogP contribution in [0.4, 0.5) is 5.69 Å². The maximum absolute atomic E-state index is 12.0. The molecule has 0 aromatic heterocycles. The van der Waals surface area contributed by atoms with Crippen LogP contribution in [0.2, 0.25) is 0 Å². The third-order valence-corrected chi connectivity index (χ3v) is 3.57. The highest BCUT2D eigenvalue weighted by molar-refractivity contribution is 5.92. The normalized spacial score (nSPS) is 17.8. The number of ether oxygens (including phenoxy) is 2. The average molecular weight is 278 g/mol. The molecule has 110 valence electrons. The van der Waals surface area contributed by atoms with Gasteiger partial charge in [-0.15, -0.1) is 0 Å². The van der Waals surface area contributed by atoms with Gasteiger partial charge in [-0.2, -0.15) is 0 Å². The van der Waals surface area contributed by atoms with Crippen molar-refractivity contribution in [1.29, 1.82) is 0 Å². The van der Waals surface area contributed by atoms with E-state index in [2.05, 4.69) is 10.6 Å². The Morgan fingerprint density at radius 1 is 1.40 bits per heavy atom. The van der Waals surface area contributed by atoms with E-state index in [0.29, 0.717) is 29.6 Å². The van der Waals surface area contributed by atoms with E-state index in [9.17, 15) is 4.79 Å². The van der Waals surface area contributed by atoms with E-state index in [4.69, 9.17) is 9.47 Å². The fourth-order valence-corrected chi connectivity index (χ4v) is 2.42. The second kappa shape index (κ2) is 7.14. The van der Waals surface area contributed by atoms with E-state index in [-0.39, 0.29) is 5.91 Å². The molecular weight excluding hydrogens is 256 g/mol. The zero-order valence-electron chi connectivity index (χ0n) is 12.1. The zero-order chi connectivity index (χ0) is 14.4. The van der Waals surface area contributed by atoms with Gasteiger partial charge in [0.05, 0.1) is 19.9 Å². The van der Waals surface area contributed by atoms with Gasteiger partial charge in [-0.25, -0.2) is 0 Å². The lowest BCUT2D eigenvalue weighted by Gasteiger charge is -2.13. The van der Waals surface area contributed by atoms with Crippen LogP contribution in [0.1, 0.15) is 25.7 Å². The topological polar surface area (TPSA) is 59.6 Å². The van der Waals surface area contributed by atoms with Crippen LogP contribution < -0.4 is 20.1 Å². The fourth-order valence-electron chi connectivity index (χ4n) is 2.42. The molecule has 2 rings (SSSR count). The maximum Gasteiger partial charge on any atom is 0.224 e. The molecule has 20 heavy (non-hydrogen) atoms. The lowest BCUT2D eigenvalue weighted by Crippen LogP contribution is -2.23. The second-order valence-corrected chi connectivity index (χ2v) is 4.95. The van der Waals surface area contributed by atoms with Crippen molar-refractivity contribution >= 4 is 11.6 Å². The van der Waals surface area contributed by atoms with Crippen LogP contribution in [0.25, 0.3) is 0 Å². The van der Waals surface area contributed by atoms with E-state index < -0.39 is 0 Å². The molecule has 1 amide bonds. The minimum Gasteiger partial charge on any atom is -0.497 e. The molecule has 0 aliphatic carbocycles. The van der Waals surface area contributed by atoms with Crippen LogP contribution in [-0.2, 0) is 4.79 Å². The third-order valence-electron chi connectivity index (χ3n) is 3.57. The molecule has 0 saturated carbocycles. The highest BCUT2D eigenvalue weighted by Crippen LogP contribution is 2.29. The number of hydrogen-bond acceptors (Lipinski definition) is 4. The van der Waals surface area contributed by atoms with Crippen molar-refractivity contribution in [1.82, 2.24) is 5.32 Å². The Morgan fingerprint density at radius 2 is 2.25 bits per heavy atom. The van der Waals surface area contributed by atoms with Crippen molar-refractivity contribution in [2.75, 3.05) is 26.1 Å². The van der Waals surface area contributed by atoms with Crippen LogP contribution in [-0.4, -0.2) is 32.7 Å². The second-order valence-electron chi connectivity index (χ2n) is 4.95. The number of nitrogens with one attached hydrogen (secondary N) is 2. The monoisotopic (exact) mass is 278 g/mol. The summed E-state index contributed by atoms with van der Waals surface area (Å²) in [6, 6.07) is 5.84. The Morgan fingerprint density at radius 3 is 2.90 bits per heavy atom. The number of benzene rings is 1. The number of rotatable bonds is 6. The Bertz CT molecular complexity index is 456. The fraction of sp³-hybridized carbons (Fsp3) is 0.533. The van der Waals surface area contributed by atoms with Gasteiger partial charge in [0.15, 0.2) is 0 Å². The first-order chi connectivity index (χ1) is 9.72. The first-order valence-corrected chi connectivity index (χ1v) is 6.98. The van der Waals surface area contributed by atoms with Gasteiger partial charge in [-0.3, -0.25) is 4.79 Å². The summed E-state index contributed by atoms with van der Waals surface area (Å²) in [7, 11) is 3.18. The van der Waals surface area contributed by atoms with Crippen molar-refractivity contribution in [3.8, 4) is 11.5 Å². The van der Waals surface area contributed by atoms with Crippen molar-refractivity contribution in [3.63, 3.8) is 0 Å². The number of carbonyl (C=O) groups is 1. The summed E-state index contributed by atoms with van der Waals surface area (Å²) in [5, 5.41) is 6.28. The van der Waals surface area contributed by atoms with Crippen LogP contribution in [0, 0.1) is 0 Å². The average Bonchev–Trinajstić information content (AvgIpc) is 2.99. The van der Waals surface area contributed by atoms with Crippen molar-refractivity contribution in [2.24, 2.45) is 0 Å². The Hall–Kier alpha value is -1.75. The highest BCUT2D eigenvalue weighted by atomic mass is 16.5. The van der Waals surface area contributed by atoms with Gasteiger partial charge in [0.25, 0.3) is 0 Å². The zero-order valence-corrected chi connectivity index (χ0v) is 12.1. The molecule has 5 nitrogen and oxygen atoms in total. The summed E-state index contributed by atoms with van der Waals surface area (Å²) in [6.07, 6.45) is 3.77. The first kappa shape index (κ1) is 14.7. The number of methoxy groups -OCH3 is 2. The summed E-state index contributed by atoms with van der Waals surface area (Å²) < 4.78 is 10.4. The minimum absolute atomic E-state index is 0.0159. The number of anilines is 1. The Labute approximate surface area is 119 Å². The van der Waals surface area contributed by atoms with Crippen LogP contribution in [0.15, 0.2) is 18.2 Å². The molecule has 5 heteroatoms. The predicted molar refractivity (Wildman–Crippen MR) is 78.4 cm³/mol. The van der Waals surface area contributed by atoms with Gasteiger partial charge in [-0.05, 0) is 37.9 Å². The van der Waals surface area contributed by atoms with Gasteiger partial charge < -0.3 is 20.1 Å². The van der Waals surface area contributed by atoms with Crippen LogP contribution in [0.5, 0.6) is 11.5 Å². The standard InChI is InChI=1S/C15H22N2O3/c1-19-12-6-7-13(14(10-12)20-2)17-15(18)8-5-11-4-3-9-16-11/h6-7,10-11,16H,3-5,8-9H2,1-2H3,(H,17,18). The molecule has 2 N–H and O–H groups in total. The van der Waals surface area contributed by atoms with E-state index in [1.165, 1.54) is 12.8 Å². The largest absolute Gasteiger partial charge is 0.497 e. The van der Waals surface area contributed by atoms with Crippen molar-refractivity contribution in [2.45, 2.75) is 31.7 Å². The summed E-state index contributed by atoms with van der Waals surface area (Å²) >= 11 is 0. The SMILES string of the molecule is COc1ccc(NC(=O)CCC2CCCN2)c(OC)c1. The number of hydrogen-bond donors (Lipinski definition) is 2. The Kier molecular flexibility index (Phi) is 5.24. The lowest BCUT2D eigenvalue weighted by molar-refractivity contribution is -0.116. The summed E-state index contributed by atoms with van der Waals surface area (Å²) in [5.74, 6) is 1.33. The van der Waals surface area contributed by atoms with E-state index >= 15 is 0 Å². The number of carbonyl (C=O) groups excluding carboxylic acids is 1. The maximum atomic E-state index is 12.0. The van der Waals surface area contributed by atoms with Gasteiger partial charge >= 0.3 is 0 Å². The van der Waals surface area contributed by atoms with Crippen molar-refractivity contribution in [3.05, 3.63) is 18.2 Å². The summed E-state index contributed by atoms with van der Waals surface area (Å²) in [5.41, 5.74) is 0.678. The van der Waals surface area contributed by atoms with Crippen LogP contribution >= 0.6 is 0 Å². The number of amides is 1. The predicted octanol–water partition coefficient (Wildman–Crippen LogP) is 2.17. The summed E-state index contributed by atoms with van der Waals surface area (Å²) in [4.78, 5) is 12.0. The molecule has 1 fully saturated rings. The van der Waals surface area contributed by atoms with Gasteiger partial charge in [0.2, 0.25) is 5.91 Å². The molecule has 1 atom stereocenters. The smallest absolute Gasteiger partial charge is 0.224 e. The molecule has 1 unspecified atom stereocenters. The lowest BCUT2D eigenvalue weighted by atomic mass is 10.1.